The van der Waals surface area contributed by atoms with Gasteiger partial charge < -0.3 is 4.74 Å². The van der Waals surface area contributed by atoms with E-state index >= 15 is 0 Å². The lowest BCUT2D eigenvalue weighted by Gasteiger charge is -2.05. The summed E-state index contributed by atoms with van der Waals surface area (Å²) in [6.45, 7) is 0. The second kappa shape index (κ2) is 6.85. The van der Waals surface area contributed by atoms with E-state index < -0.39 is 0 Å². The third kappa shape index (κ3) is 3.67. The van der Waals surface area contributed by atoms with E-state index in [0.717, 1.165) is 11.1 Å². The second-order valence-electron chi connectivity index (χ2n) is 4.61. The van der Waals surface area contributed by atoms with Gasteiger partial charge >= 0.3 is 0 Å². The summed E-state index contributed by atoms with van der Waals surface area (Å²) in [5, 5.41) is 0. The summed E-state index contributed by atoms with van der Waals surface area (Å²) in [6.07, 6.45) is 1.86. The van der Waals surface area contributed by atoms with E-state index in [9.17, 15) is 9.18 Å². The first-order valence-electron chi connectivity index (χ1n) is 6.61. The minimum absolute atomic E-state index is 0.125. The molecule has 0 saturated heterocycles. The molecular weight excluding hydrogens is 255 g/mol. The number of ether oxygens (including phenoxy) is 1. The van der Waals surface area contributed by atoms with Crippen molar-refractivity contribution in [3.8, 4) is 5.75 Å². The normalized spacial score (nSPS) is 10.3. The molecule has 2 rings (SSSR count). The third-order valence-electron chi connectivity index (χ3n) is 3.18. The van der Waals surface area contributed by atoms with Gasteiger partial charge in [0.05, 0.1) is 7.11 Å². The van der Waals surface area contributed by atoms with Crippen LogP contribution in [0.25, 0.3) is 0 Å². The van der Waals surface area contributed by atoms with Gasteiger partial charge in [-0.05, 0) is 30.5 Å². The number of rotatable bonds is 6. The molecule has 104 valence electrons. The highest BCUT2D eigenvalue weighted by atomic mass is 19.1. The molecule has 0 fully saturated rings. The van der Waals surface area contributed by atoms with E-state index in [-0.39, 0.29) is 17.3 Å². The zero-order chi connectivity index (χ0) is 14.4. The molecular formula is C17H17FO2. The van der Waals surface area contributed by atoms with Crippen molar-refractivity contribution < 1.29 is 13.9 Å². The van der Waals surface area contributed by atoms with E-state index in [4.69, 9.17) is 4.74 Å². The van der Waals surface area contributed by atoms with Crippen LogP contribution in [-0.4, -0.2) is 12.9 Å². The Hall–Kier alpha value is -2.16. The molecule has 3 heteroatoms. The summed E-state index contributed by atoms with van der Waals surface area (Å²) >= 11 is 0. The van der Waals surface area contributed by atoms with Crippen molar-refractivity contribution >= 4 is 5.78 Å². The number of Topliss-reactive ketones (excluding diaryl/α,β-unsaturated/α-hetero) is 1. The zero-order valence-electron chi connectivity index (χ0n) is 11.4. The summed E-state index contributed by atoms with van der Waals surface area (Å²) in [5.41, 5.74) is 1.61. The minimum atomic E-state index is -0.362. The van der Waals surface area contributed by atoms with Crippen LogP contribution in [0, 0.1) is 5.82 Å². The zero-order valence-corrected chi connectivity index (χ0v) is 11.4. The number of hydrogen-bond acceptors (Lipinski definition) is 2. The number of benzene rings is 2. The molecule has 0 spiro atoms. The van der Waals surface area contributed by atoms with Gasteiger partial charge in [0.1, 0.15) is 0 Å². The Morgan fingerprint density at radius 3 is 2.55 bits per heavy atom. The molecule has 0 radical (unpaired) electrons. The number of halogens is 1. The van der Waals surface area contributed by atoms with Gasteiger partial charge in [0.2, 0.25) is 0 Å². The molecule has 0 aliphatic rings. The Kier molecular flexibility index (Phi) is 4.88. The van der Waals surface area contributed by atoms with Gasteiger partial charge in [-0.15, -0.1) is 0 Å². The lowest BCUT2D eigenvalue weighted by Crippen LogP contribution is -2.00. The molecule has 0 heterocycles. The fourth-order valence-corrected chi connectivity index (χ4v) is 2.09. The standard InChI is InChI=1S/C17H17FO2/c1-20-17-11-10-13(12-15(17)18)6-5-9-16(19)14-7-3-2-4-8-14/h2-4,7-8,10-12H,5-6,9H2,1H3. The number of methoxy groups -OCH3 is 1. The van der Waals surface area contributed by atoms with E-state index in [1.54, 1.807) is 6.07 Å². The first kappa shape index (κ1) is 14.3. The maximum absolute atomic E-state index is 13.5. The monoisotopic (exact) mass is 272 g/mol. The van der Waals surface area contributed by atoms with Crippen LogP contribution in [0.3, 0.4) is 0 Å². The Balaban J connectivity index is 1.87. The van der Waals surface area contributed by atoms with Crippen LogP contribution in [-0.2, 0) is 6.42 Å². The molecule has 0 bridgehead atoms. The molecule has 0 aromatic heterocycles. The van der Waals surface area contributed by atoms with Gasteiger partial charge in [-0.1, -0.05) is 36.4 Å². The van der Waals surface area contributed by atoms with Crippen molar-refractivity contribution in [2.24, 2.45) is 0 Å². The Morgan fingerprint density at radius 2 is 1.90 bits per heavy atom. The molecule has 0 aliphatic carbocycles. The molecule has 0 N–H and O–H groups in total. The quantitative estimate of drug-likeness (QED) is 0.742. The van der Waals surface area contributed by atoms with E-state index in [1.165, 1.54) is 13.2 Å². The molecule has 2 aromatic carbocycles. The number of carbonyl (C=O) groups is 1. The summed E-state index contributed by atoms with van der Waals surface area (Å²) in [4.78, 5) is 11.9. The number of ketones is 1. The Morgan fingerprint density at radius 1 is 1.15 bits per heavy atom. The van der Waals surface area contributed by atoms with Gasteiger partial charge in [0, 0.05) is 12.0 Å². The summed E-state index contributed by atoms with van der Waals surface area (Å²) in [7, 11) is 1.44. The van der Waals surface area contributed by atoms with Crippen molar-refractivity contribution in [2.45, 2.75) is 19.3 Å². The van der Waals surface area contributed by atoms with Crippen molar-refractivity contribution in [2.75, 3.05) is 7.11 Å². The van der Waals surface area contributed by atoms with Crippen molar-refractivity contribution in [1.29, 1.82) is 0 Å². The average molecular weight is 272 g/mol. The number of aryl methyl sites for hydroxylation is 1. The molecule has 2 aromatic rings. The van der Waals surface area contributed by atoms with Crippen LogP contribution in [0.5, 0.6) is 5.75 Å². The number of hydrogen-bond donors (Lipinski definition) is 0. The molecule has 0 unspecified atom stereocenters. The van der Waals surface area contributed by atoms with E-state index in [2.05, 4.69) is 0 Å². The van der Waals surface area contributed by atoms with Gasteiger partial charge in [-0.3, -0.25) is 4.79 Å². The minimum Gasteiger partial charge on any atom is -0.494 e. The highest BCUT2D eigenvalue weighted by molar-refractivity contribution is 5.95. The van der Waals surface area contributed by atoms with Crippen molar-refractivity contribution in [3.63, 3.8) is 0 Å². The highest BCUT2D eigenvalue weighted by Gasteiger charge is 2.06. The van der Waals surface area contributed by atoms with Gasteiger partial charge in [0.15, 0.2) is 17.3 Å². The number of carbonyl (C=O) groups excluding carboxylic acids is 1. The lowest BCUT2D eigenvalue weighted by molar-refractivity contribution is 0.0980. The summed E-state index contributed by atoms with van der Waals surface area (Å²) < 4.78 is 18.4. The highest BCUT2D eigenvalue weighted by Crippen LogP contribution is 2.19. The maximum atomic E-state index is 13.5. The molecule has 20 heavy (non-hydrogen) atoms. The summed E-state index contributed by atoms with van der Waals surface area (Å²) in [5.74, 6) is 0.00748. The fourth-order valence-electron chi connectivity index (χ4n) is 2.09. The molecule has 0 saturated carbocycles. The molecule has 0 amide bonds. The average Bonchev–Trinajstić information content (AvgIpc) is 2.48. The third-order valence-corrected chi connectivity index (χ3v) is 3.18. The first-order valence-corrected chi connectivity index (χ1v) is 6.61. The SMILES string of the molecule is COc1ccc(CCCC(=O)c2ccccc2)cc1F. The van der Waals surface area contributed by atoms with Crippen LogP contribution in [0.2, 0.25) is 0 Å². The maximum Gasteiger partial charge on any atom is 0.165 e. The van der Waals surface area contributed by atoms with Gasteiger partial charge in [0.25, 0.3) is 0 Å². The van der Waals surface area contributed by atoms with E-state index in [1.807, 2.05) is 36.4 Å². The Labute approximate surface area is 118 Å². The fraction of sp³-hybridized carbons (Fsp3) is 0.235. The predicted molar refractivity (Wildman–Crippen MR) is 76.7 cm³/mol. The van der Waals surface area contributed by atoms with Crippen molar-refractivity contribution in [1.82, 2.24) is 0 Å². The van der Waals surface area contributed by atoms with Crippen LogP contribution >= 0.6 is 0 Å². The topological polar surface area (TPSA) is 26.3 Å². The van der Waals surface area contributed by atoms with Crippen LogP contribution in [0.4, 0.5) is 4.39 Å². The van der Waals surface area contributed by atoms with Crippen LogP contribution in [0.1, 0.15) is 28.8 Å². The predicted octanol–water partition coefficient (Wildman–Crippen LogP) is 4.04. The van der Waals surface area contributed by atoms with Gasteiger partial charge in [-0.25, -0.2) is 4.39 Å². The van der Waals surface area contributed by atoms with Crippen molar-refractivity contribution in [3.05, 3.63) is 65.5 Å². The lowest BCUT2D eigenvalue weighted by atomic mass is 10.0. The summed E-state index contributed by atoms with van der Waals surface area (Å²) in [6, 6.07) is 14.1. The second-order valence-corrected chi connectivity index (χ2v) is 4.61. The van der Waals surface area contributed by atoms with Crippen LogP contribution < -0.4 is 4.74 Å². The van der Waals surface area contributed by atoms with Crippen LogP contribution in [0.15, 0.2) is 48.5 Å². The molecule has 0 aliphatic heterocycles. The molecule has 2 nitrogen and oxygen atoms in total. The Bertz CT molecular complexity index is 579. The smallest absolute Gasteiger partial charge is 0.165 e. The largest absolute Gasteiger partial charge is 0.494 e. The van der Waals surface area contributed by atoms with E-state index in [0.29, 0.717) is 19.3 Å². The molecule has 0 atom stereocenters. The van der Waals surface area contributed by atoms with Gasteiger partial charge in [-0.2, -0.15) is 0 Å². The first-order chi connectivity index (χ1) is 9.70.